The maximum Gasteiger partial charge on any atom is 0.479 e. The number of carbonyl (C=O) groups is 1. The summed E-state index contributed by atoms with van der Waals surface area (Å²) in [5.74, 6) is -0.556. The second kappa shape index (κ2) is 7.77. The highest BCUT2D eigenvalue weighted by Gasteiger charge is 2.32. The van der Waals surface area contributed by atoms with Crippen LogP contribution in [0.15, 0.2) is 0 Å². The van der Waals surface area contributed by atoms with Crippen molar-refractivity contribution in [3.8, 4) is 0 Å². The smallest absolute Gasteiger partial charge is 0.479 e. The summed E-state index contributed by atoms with van der Waals surface area (Å²) < 4.78 is 11.3. The third-order valence-electron chi connectivity index (χ3n) is 1.36. The molecule has 0 rings (SSSR count). The Hall–Kier alpha value is -0.470. The van der Waals surface area contributed by atoms with Crippen LogP contribution in [0.5, 0.6) is 0 Å². The van der Waals surface area contributed by atoms with E-state index in [2.05, 4.69) is 4.67 Å². The fraction of sp³-hybridized carbons (Fsp3) is 0.833. The lowest BCUT2D eigenvalue weighted by atomic mass is 9.98. The quantitative estimate of drug-likeness (QED) is 0.268. The van der Waals surface area contributed by atoms with Gasteiger partial charge >= 0.3 is 8.25 Å². The van der Waals surface area contributed by atoms with Crippen LogP contribution in [-0.2, 0) is 14.0 Å². The molecular weight excluding hydrogens is 231 g/mol. The Balaban J connectivity index is 0. The highest BCUT2D eigenvalue weighted by Crippen LogP contribution is 2.08. The average molecular weight is 243 g/mol. The molecule has 0 saturated heterocycles. The van der Waals surface area contributed by atoms with Gasteiger partial charge in [-0.3, -0.25) is 4.79 Å². The highest BCUT2D eigenvalue weighted by atomic mass is 31.1. The molecule has 3 atom stereocenters. The number of carbonyl (C=O) groups excluding carboxylic acids is 1. The van der Waals surface area contributed by atoms with Crippen LogP contribution >= 0.6 is 8.25 Å². The van der Waals surface area contributed by atoms with Gasteiger partial charge in [0.05, 0.1) is 6.61 Å². The van der Waals surface area contributed by atoms with Crippen LogP contribution in [-0.4, -0.2) is 39.4 Å². The Kier molecular flexibility index (Phi) is 8.78. The van der Waals surface area contributed by atoms with E-state index in [-0.39, 0.29) is 0 Å². The van der Waals surface area contributed by atoms with E-state index in [0.717, 1.165) is 6.92 Å². The highest BCUT2D eigenvalue weighted by molar-refractivity contribution is 7.30. The molecule has 0 aliphatic carbocycles. The lowest BCUT2D eigenvalue weighted by molar-refractivity contribution is -0.644. The van der Waals surface area contributed by atoms with Gasteiger partial charge in [0.2, 0.25) is 0 Å². The van der Waals surface area contributed by atoms with Crippen molar-refractivity contribution in [2.24, 2.45) is 0 Å². The third-order valence-corrected chi connectivity index (χ3v) is 1.48. The number of hydrogen-bond acceptors (Lipinski definition) is 8. The summed E-state index contributed by atoms with van der Waals surface area (Å²) in [5.41, 5.74) is -1.72. The van der Waals surface area contributed by atoms with Crippen molar-refractivity contribution in [2.75, 3.05) is 6.61 Å². The summed E-state index contributed by atoms with van der Waals surface area (Å²) in [7, 11) is -3.15. The average Bonchev–Trinajstić information content (AvgIpc) is 2.17. The van der Waals surface area contributed by atoms with Gasteiger partial charge in [-0.15, -0.1) is 0 Å². The van der Waals surface area contributed by atoms with Crippen LogP contribution in [0.3, 0.4) is 0 Å². The van der Waals surface area contributed by atoms with Gasteiger partial charge in [0, 0.05) is 0 Å². The van der Waals surface area contributed by atoms with Crippen molar-refractivity contribution >= 4 is 14.0 Å². The van der Waals surface area contributed by atoms with Crippen molar-refractivity contribution in [2.45, 2.75) is 25.6 Å². The number of ketones is 1. The summed E-state index contributed by atoms with van der Waals surface area (Å²) in [6.07, 6.45) is -1.50. The van der Waals surface area contributed by atoms with E-state index in [1.54, 1.807) is 0 Å². The Morgan fingerprint density at radius 3 is 2.07 bits per heavy atom. The number of Topliss-reactive ketones (excluding diaryl/α,β-unsaturated/α-hetero) is 1. The zero-order chi connectivity index (χ0) is 12.6. The standard InChI is InChI=1S/C6H12O4.HO4P/c1-4(8)5(9)6(2,10)3-7;1-4-5(2)3/h5,7,9-10H,3H2,1-2H3;1H/p-1. The molecule has 0 aromatic heterocycles. The van der Waals surface area contributed by atoms with Crippen molar-refractivity contribution in [1.29, 1.82) is 0 Å². The lowest BCUT2D eigenvalue weighted by Crippen LogP contribution is -2.46. The first-order chi connectivity index (χ1) is 6.68. The minimum absolute atomic E-state index is 0.556. The van der Waals surface area contributed by atoms with Gasteiger partial charge < -0.3 is 25.5 Å². The Labute approximate surface area is 86.6 Å². The Morgan fingerprint density at radius 1 is 1.67 bits per heavy atom. The van der Waals surface area contributed by atoms with Gasteiger partial charge in [0.25, 0.3) is 0 Å². The molecule has 0 radical (unpaired) electrons. The Morgan fingerprint density at radius 2 is 2.00 bits per heavy atom. The van der Waals surface area contributed by atoms with Crippen LogP contribution in [0.4, 0.5) is 0 Å². The van der Waals surface area contributed by atoms with E-state index in [4.69, 9.17) is 30.0 Å². The second-order valence-electron chi connectivity index (χ2n) is 2.83. The molecule has 0 saturated carbocycles. The molecule has 0 aliphatic rings. The molecule has 8 nitrogen and oxygen atoms in total. The molecule has 0 fully saturated rings. The molecule has 0 amide bonds. The fourth-order valence-electron chi connectivity index (χ4n) is 0.524. The minimum atomic E-state index is -3.15. The van der Waals surface area contributed by atoms with Crippen molar-refractivity contribution in [1.82, 2.24) is 0 Å². The normalized spacial score (nSPS) is 16.9. The number of rotatable bonds is 4. The van der Waals surface area contributed by atoms with Crippen LogP contribution in [0.1, 0.15) is 13.8 Å². The van der Waals surface area contributed by atoms with E-state index < -0.39 is 32.4 Å². The van der Waals surface area contributed by atoms with Gasteiger partial charge in [0.15, 0.2) is 5.78 Å². The SMILES string of the molecule is CC(=O)C(O)C(C)(O)CO.O=[P+]([O-])O[O-]. The second-order valence-corrected chi connectivity index (χ2v) is 3.42. The largest absolute Gasteiger partial charge is 0.674 e. The lowest BCUT2D eigenvalue weighted by Gasteiger charge is -2.24. The molecule has 0 heterocycles. The molecule has 15 heavy (non-hydrogen) atoms. The molecule has 3 N–H and O–H groups in total. The first-order valence-electron chi connectivity index (χ1n) is 3.65. The molecule has 90 valence electrons. The maximum absolute atomic E-state index is 10.4. The van der Waals surface area contributed by atoms with Gasteiger partial charge in [-0.2, -0.15) is 0 Å². The van der Waals surface area contributed by atoms with Crippen molar-refractivity contribution < 1.29 is 39.5 Å². The first-order valence-corrected chi connectivity index (χ1v) is 4.74. The molecule has 0 aromatic carbocycles. The van der Waals surface area contributed by atoms with Crippen LogP contribution < -0.4 is 10.2 Å². The predicted octanol–water partition coefficient (Wildman–Crippen LogP) is -3.02. The first kappa shape index (κ1) is 16.9. The molecule has 0 aromatic rings. The van der Waals surface area contributed by atoms with E-state index in [0.29, 0.717) is 0 Å². The van der Waals surface area contributed by atoms with Gasteiger partial charge in [0.1, 0.15) is 11.7 Å². The minimum Gasteiger partial charge on any atom is -0.674 e. The molecule has 3 unspecified atom stereocenters. The maximum atomic E-state index is 10.4. The molecular formula is C6H12O8P-. The van der Waals surface area contributed by atoms with E-state index in [1.165, 1.54) is 6.92 Å². The number of hydrogen-bond donors (Lipinski definition) is 3. The van der Waals surface area contributed by atoms with Gasteiger partial charge in [-0.25, -0.2) is 4.67 Å². The third kappa shape index (κ3) is 8.52. The number of aliphatic hydroxyl groups is 3. The predicted molar refractivity (Wildman–Crippen MR) is 43.1 cm³/mol. The topological polar surface area (TPSA) is 150 Å². The number of aliphatic hydroxyl groups excluding tert-OH is 2. The van der Waals surface area contributed by atoms with Crippen LogP contribution in [0, 0.1) is 0 Å². The summed E-state index contributed by atoms with van der Waals surface area (Å²) in [6, 6.07) is 0. The zero-order valence-corrected chi connectivity index (χ0v) is 9.01. The van der Waals surface area contributed by atoms with E-state index in [1.807, 2.05) is 0 Å². The molecule has 0 aliphatic heterocycles. The molecule has 0 spiro atoms. The monoisotopic (exact) mass is 243 g/mol. The molecule has 9 heteroatoms. The Bertz CT molecular complexity index is 215. The summed E-state index contributed by atoms with van der Waals surface area (Å²) >= 11 is 0. The van der Waals surface area contributed by atoms with Crippen molar-refractivity contribution in [3.05, 3.63) is 0 Å². The van der Waals surface area contributed by atoms with Crippen molar-refractivity contribution in [3.63, 3.8) is 0 Å². The van der Waals surface area contributed by atoms with Crippen LogP contribution in [0.2, 0.25) is 0 Å². The van der Waals surface area contributed by atoms with Gasteiger partial charge in [-0.05, 0) is 18.4 Å². The zero-order valence-electron chi connectivity index (χ0n) is 8.11. The van der Waals surface area contributed by atoms with E-state index >= 15 is 0 Å². The fourth-order valence-corrected chi connectivity index (χ4v) is 0.524. The summed E-state index contributed by atoms with van der Waals surface area (Å²) in [4.78, 5) is 19.3. The van der Waals surface area contributed by atoms with Gasteiger partial charge in [-0.1, -0.05) is 0 Å². The summed E-state index contributed by atoms with van der Waals surface area (Å²) in [6.45, 7) is 1.71. The van der Waals surface area contributed by atoms with E-state index in [9.17, 15) is 4.79 Å². The molecule has 0 bridgehead atoms. The van der Waals surface area contributed by atoms with Crippen LogP contribution in [0.25, 0.3) is 0 Å². The summed E-state index contributed by atoms with van der Waals surface area (Å²) in [5, 5.41) is 34.9.